The molecule has 0 saturated heterocycles. The average Bonchev–Trinajstić information content (AvgIpc) is 3.27. The largest absolute Gasteiger partial charge is 0.459 e. The third-order valence-corrected chi connectivity index (χ3v) is 3.96. The lowest BCUT2D eigenvalue weighted by Crippen LogP contribution is -2.15. The molecule has 0 atom stereocenters. The van der Waals surface area contributed by atoms with Crippen molar-refractivity contribution in [1.82, 2.24) is 4.98 Å². The Morgan fingerprint density at radius 3 is 2.68 bits per heavy atom. The van der Waals surface area contributed by atoms with Crippen LogP contribution in [0.5, 0.6) is 0 Å². The van der Waals surface area contributed by atoms with Gasteiger partial charge in [-0.25, -0.2) is 4.98 Å². The van der Waals surface area contributed by atoms with Gasteiger partial charge in [0.2, 0.25) is 5.91 Å². The van der Waals surface area contributed by atoms with Gasteiger partial charge in [-0.2, -0.15) is 5.26 Å². The van der Waals surface area contributed by atoms with E-state index in [0.717, 1.165) is 0 Å². The van der Waals surface area contributed by atoms with Crippen molar-refractivity contribution in [3.8, 4) is 6.07 Å². The Balaban J connectivity index is 1.56. The minimum absolute atomic E-state index is 0.0765. The third-order valence-electron chi connectivity index (χ3n) is 3.16. The SMILES string of the molecule is N#Cc1ccc(NC(=O)Cc2csc(NC(=O)c3ccco3)n2)cc1. The van der Waals surface area contributed by atoms with E-state index in [9.17, 15) is 9.59 Å². The molecule has 2 amide bonds. The second-order valence-corrected chi connectivity index (χ2v) is 5.85. The van der Waals surface area contributed by atoms with E-state index < -0.39 is 5.91 Å². The molecule has 2 heterocycles. The Morgan fingerprint density at radius 1 is 1.20 bits per heavy atom. The molecule has 25 heavy (non-hydrogen) atoms. The van der Waals surface area contributed by atoms with Gasteiger partial charge in [-0.3, -0.25) is 14.9 Å². The Kier molecular flexibility index (Phi) is 4.87. The van der Waals surface area contributed by atoms with Crippen LogP contribution < -0.4 is 10.6 Å². The van der Waals surface area contributed by atoms with Gasteiger partial charge in [0.05, 0.1) is 30.0 Å². The lowest BCUT2D eigenvalue weighted by atomic mass is 10.2. The van der Waals surface area contributed by atoms with E-state index in [1.165, 1.54) is 17.6 Å². The lowest BCUT2D eigenvalue weighted by Gasteiger charge is -2.03. The molecule has 0 saturated carbocycles. The number of carbonyl (C=O) groups excluding carboxylic acids is 2. The molecule has 0 fully saturated rings. The highest BCUT2D eigenvalue weighted by molar-refractivity contribution is 7.14. The van der Waals surface area contributed by atoms with E-state index in [0.29, 0.717) is 22.1 Å². The van der Waals surface area contributed by atoms with Gasteiger partial charge >= 0.3 is 0 Å². The predicted molar refractivity (Wildman–Crippen MR) is 92.3 cm³/mol. The average molecular weight is 352 g/mol. The van der Waals surface area contributed by atoms with Crippen LogP contribution in [0.4, 0.5) is 10.8 Å². The second-order valence-electron chi connectivity index (χ2n) is 4.99. The monoisotopic (exact) mass is 352 g/mol. The minimum atomic E-state index is -0.395. The highest BCUT2D eigenvalue weighted by Gasteiger charge is 2.13. The van der Waals surface area contributed by atoms with Gasteiger partial charge in [-0.05, 0) is 36.4 Å². The van der Waals surface area contributed by atoms with Crippen molar-refractivity contribution < 1.29 is 14.0 Å². The van der Waals surface area contributed by atoms with Crippen molar-refractivity contribution in [1.29, 1.82) is 5.26 Å². The molecule has 0 aliphatic carbocycles. The molecule has 2 N–H and O–H groups in total. The van der Waals surface area contributed by atoms with Gasteiger partial charge < -0.3 is 9.73 Å². The first kappa shape index (κ1) is 16.4. The Morgan fingerprint density at radius 2 is 2.00 bits per heavy atom. The number of carbonyl (C=O) groups is 2. The van der Waals surface area contributed by atoms with Crippen molar-refractivity contribution in [3.05, 3.63) is 65.1 Å². The number of hydrogen-bond donors (Lipinski definition) is 2. The fourth-order valence-corrected chi connectivity index (χ4v) is 2.72. The van der Waals surface area contributed by atoms with Crippen LogP contribution in [0.15, 0.2) is 52.5 Å². The maximum absolute atomic E-state index is 12.0. The normalized spacial score (nSPS) is 10.0. The number of nitrogens with zero attached hydrogens (tertiary/aromatic N) is 2. The van der Waals surface area contributed by atoms with Gasteiger partial charge in [0.15, 0.2) is 10.9 Å². The summed E-state index contributed by atoms with van der Waals surface area (Å²) in [5, 5.41) is 16.2. The Bertz CT molecular complexity index is 924. The minimum Gasteiger partial charge on any atom is -0.459 e. The molecular formula is C17H12N4O3S. The molecule has 3 aromatic rings. The van der Waals surface area contributed by atoms with E-state index in [2.05, 4.69) is 15.6 Å². The summed E-state index contributed by atoms with van der Waals surface area (Å²) in [7, 11) is 0. The van der Waals surface area contributed by atoms with E-state index in [1.807, 2.05) is 6.07 Å². The molecule has 0 radical (unpaired) electrons. The number of anilines is 2. The Hall–Kier alpha value is -3.44. The molecule has 8 heteroatoms. The number of thiazole rings is 1. The van der Waals surface area contributed by atoms with Crippen LogP contribution in [0.25, 0.3) is 0 Å². The molecule has 0 bridgehead atoms. The number of furan rings is 1. The van der Waals surface area contributed by atoms with Crippen molar-refractivity contribution in [2.24, 2.45) is 0 Å². The summed E-state index contributed by atoms with van der Waals surface area (Å²) in [5.74, 6) is -0.442. The summed E-state index contributed by atoms with van der Waals surface area (Å²) in [6, 6.07) is 11.8. The summed E-state index contributed by atoms with van der Waals surface area (Å²) in [6.45, 7) is 0. The molecule has 0 unspecified atom stereocenters. The highest BCUT2D eigenvalue weighted by atomic mass is 32.1. The summed E-state index contributed by atoms with van der Waals surface area (Å²) in [6.07, 6.45) is 1.49. The predicted octanol–water partition coefficient (Wildman–Crippen LogP) is 3.04. The van der Waals surface area contributed by atoms with Crippen LogP contribution in [0.2, 0.25) is 0 Å². The summed E-state index contributed by atoms with van der Waals surface area (Å²) in [5.41, 5.74) is 1.67. The summed E-state index contributed by atoms with van der Waals surface area (Å²) >= 11 is 1.23. The number of nitrogens with one attached hydrogen (secondary N) is 2. The first-order valence-corrected chi connectivity index (χ1v) is 8.11. The van der Waals surface area contributed by atoms with Crippen LogP contribution in [0.3, 0.4) is 0 Å². The maximum Gasteiger partial charge on any atom is 0.293 e. The van der Waals surface area contributed by atoms with Gasteiger partial charge in [0.25, 0.3) is 5.91 Å². The van der Waals surface area contributed by atoms with Gasteiger partial charge in [0, 0.05) is 11.1 Å². The maximum atomic E-state index is 12.0. The van der Waals surface area contributed by atoms with Crippen LogP contribution >= 0.6 is 11.3 Å². The molecule has 0 spiro atoms. The van der Waals surface area contributed by atoms with E-state index in [4.69, 9.17) is 9.68 Å². The van der Waals surface area contributed by atoms with E-state index in [1.54, 1.807) is 41.8 Å². The van der Waals surface area contributed by atoms with Gasteiger partial charge in [-0.1, -0.05) is 0 Å². The zero-order valence-electron chi connectivity index (χ0n) is 12.9. The highest BCUT2D eigenvalue weighted by Crippen LogP contribution is 2.18. The molecule has 124 valence electrons. The fraction of sp³-hybridized carbons (Fsp3) is 0.0588. The molecule has 7 nitrogen and oxygen atoms in total. The van der Waals surface area contributed by atoms with E-state index in [-0.39, 0.29) is 18.1 Å². The van der Waals surface area contributed by atoms with E-state index >= 15 is 0 Å². The van der Waals surface area contributed by atoms with Crippen LogP contribution in [0.1, 0.15) is 21.8 Å². The number of nitriles is 1. The van der Waals surface area contributed by atoms with Gasteiger partial charge in [-0.15, -0.1) is 11.3 Å². The number of rotatable bonds is 5. The molecule has 1 aromatic carbocycles. The first-order chi connectivity index (χ1) is 12.1. The van der Waals surface area contributed by atoms with Crippen molar-refractivity contribution in [2.45, 2.75) is 6.42 Å². The number of benzene rings is 1. The molecule has 0 aliphatic rings. The van der Waals surface area contributed by atoms with Crippen LogP contribution in [-0.4, -0.2) is 16.8 Å². The standard InChI is InChI=1S/C17H12N4O3S/c18-9-11-3-5-12(6-4-11)19-15(22)8-13-10-25-17(20-13)21-16(23)14-2-1-7-24-14/h1-7,10H,8H2,(H,19,22)(H,20,21,23). The third kappa shape index (κ3) is 4.31. The smallest absolute Gasteiger partial charge is 0.293 e. The van der Waals surface area contributed by atoms with Crippen molar-refractivity contribution in [3.63, 3.8) is 0 Å². The number of aromatic nitrogens is 1. The first-order valence-electron chi connectivity index (χ1n) is 7.23. The van der Waals surface area contributed by atoms with Crippen molar-refractivity contribution >= 4 is 34.0 Å². The topological polar surface area (TPSA) is 108 Å². The fourth-order valence-electron chi connectivity index (χ4n) is 2.01. The second kappa shape index (κ2) is 7.42. The molecule has 3 rings (SSSR count). The summed E-state index contributed by atoms with van der Waals surface area (Å²) < 4.78 is 5.00. The quantitative estimate of drug-likeness (QED) is 0.734. The molecule has 0 aliphatic heterocycles. The molecular weight excluding hydrogens is 340 g/mol. The number of amides is 2. The zero-order chi connectivity index (χ0) is 17.6. The van der Waals surface area contributed by atoms with Crippen LogP contribution in [-0.2, 0) is 11.2 Å². The van der Waals surface area contributed by atoms with Crippen molar-refractivity contribution in [2.75, 3.05) is 10.6 Å². The van der Waals surface area contributed by atoms with Crippen LogP contribution in [0, 0.1) is 11.3 Å². The zero-order valence-corrected chi connectivity index (χ0v) is 13.7. The number of hydrogen-bond acceptors (Lipinski definition) is 6. The Labute approximate surface area is 146 Å². The summed E-state index contributed by atoms with van der Waals surface area (Å²) in [4.78, 5) is 28.1. The van der Waals surface area contributed by atoms with Gasteiger partial charge in [0.1, 0.15) is 0 Å². The molecule has 2 aromatic heterocycles. The lowest BCUT2D eigenvalue weighted by molar-refractivity contribution is -0.115.